The number of nitrogens with one attached hydrogen (secondary N) is 4. The molecule has 3 aromatic rings. The van der Waals surface area contributed by atoms with Crippen LogP contribution < -0.4 is 16.0 Å². The smallest absolute Gasteiger partial charge is 0.475 e. The molecule has 1 aliphatic heterocycles. The number of benzene rings is 2. The second-order valence-corrected chi connectivity index (χ2v) is 12.6. The number of sulfonamides is 1. The molecule has 0 atom stereocenters. The Balaban J connectivity index is 0.000000804. The highest BCUT2D eigenvalue weighted by Crippen LogP contribution is 2.24. The van der Waals surface area contributed by atoms with Crippen LogP contribution in [0.2, 0.25) is 0 Å². The Kier molecular flexibility index (Phi) is 13.0. The van der Waals surface area contributed by atoms with Crippen molar-refractivity contribution in [3.63, 3.8) is 0 Å². The van der Waals surface area contributed by atoms with Crippen LogP contribution in [0.3, 0.4) is 0 Å². The van der Waals surface area contributed by atoms with Gasteiger partial charge in [-0.15, -0.1) is 0 Å². The normalized spacial score (nSPS) is 14.2. The SMILES string of the molecule is CN(C)C/C=C/C(=O)Nc1cccc(S(=O)(=O)N2CCC(NC(=O)c3[nH]ncc3NC(=O)c3ccccc3)CC2)c1.O=C(O)C(F)(F)F. The molecule has 1 aromatic heterocycles. The van der Waals surface area contributed by atoms with Crippen molar-refractivity contribution in [2.24, 2.45) is 0 Å². The summed E-state index contributed by atoms with van der Waals surface area (Å²) in [4.78, 5) is 48.5. The van der Waals surface area contributed by atoms with Gasteiger partial charge in [0.15, 0.2) is 0 Å². The van der Waals surface area contributed by atoms with Crippen molar-refractivity contribution in [3.05, 3.63) is 84.2 Å². The Labute approximate surface area is 274 Å². The summed E-state index contributed by atoms with van der Waals surface area (Å²) >= 11 is 0. The van der Waals surface area contributed by atoms with Crippen LogP contribution in [0, 0.1) is 0 Å². The van der Waals surface area contributed by atoms with Gasteiger partial charge in [-0.05, 0) is 57.3 Å². The lowest BCUT2D eigenvalue weighted by atomic mass is 10.1. The van der Waals surface area contributed by atoms with E-state index in [9.17, 15) is 36.0 Å². The Bertz CT molecular complexity index is 1720. The fraction of sp³-hybridized carbons (Fsp3) is 0.300. The van der Waals surface area contributed by atoms with E-state index in [0.29, 0.717) is 30.6 Å². The minimum Gasteiger partial charge on any atom is -0.475 e. The van der Waals surface area contributed by atoms with E-state index < -0.39 is 28.1 Å². The van der Waals surface area contributed by atoms with Crippen LogP contribution in [0.4, 0.5) is 24.5 Å². The quantitative estimate of drug-likeness (QED) is 0.199. The number of nitrogens with zero attached hydrogens (tertiary/aromatic N) is 3. The third-order valence-electron chi connectivity index (χ3n) is 6.66. The lowest BCUT2D eigenvalue weighted by Crippen LogP contribution is -2.46. The minimum atomic E-state index is -5.08. The van der Waals surface area contributed by atoms with Crippen LogP contribution in [-0.2, 0) is 19.6 Å². The number of carboxylic acids is 1. The van der Waals surface area contributed by atoms with E-state index in [4.69, 9.17) is 9.90 Å². The van der Waals surface area contributed by atoms with E-state index >= 15 is 0 Å². The molecule has 1 aliphatic rings. The van der Waals surface area contributed by atoms with E-state index in [0.717, 1.165) is 0 Å². The first-order valence-corrected chi connectivity index (χ1v) is 15.7. The van der Waals surface area contributed by atoms with Gasteiger partial charge in [0.1, 0.15) is 5.69 Å². The molecule has 2 aromatic carbocycles. The molecule has 14 nitrogen and oxygen atoms in total. The number of aromatic nitrogens is 2. The zero-order chi connectivity index (χ0) is 35.5. The van der Waals surface area contributed by atoms with Gasteiger partial charge in [-0.2, -0.15) is 22.6 Å². The fourth-order valence-corrected chi connectivity index (χ4v) is 5.79. The van der Waals surface area contributed by atoms with E-state index in [2.05, 4.69) is 26.1 Å². The molecule has 0 aliphatic carbocycles. The zero-order valence-electron chi connectivity index (χ0n) is 25.8. The number of halogens is 3. The number of rotatable bonds is 10. The summed E-state index contributed by atoms with van der Waals surface area (Å²) in [6, 6.07) is 14.5. The summed E-state index contributed by atoms with van der Waals surface area (Å²) in [6.07, 6.45) is 0.202. The molecule has 258 valence electrons. The van der Waals surface area contributed by atoms with Crippen molar-refractivity contribution < 1.29 is 45.9 Å². The topological polar surface area (TPSA) is 194 Å². The molecule has 3 amide bonds. The largest absolute Gasteiger partial charge is 0.490 e. The Morgan fingerprint density at radius 3 is 2.27 bits per heavy atom. The van der Waals surface area contributed by atoms with Gasteiger partial charge in [-0.1, -0.05) is 30.3 Å². The number of likely N-dealkylation sites (N-methyl/N-ethyl adjacent to an activating group) is 1. The van der Waals surface area contributed by atoms with Gasteiger partial charge < -0.3 is 26.0 Å². The van der Waals surface area contributed by atoms with Gasteiger partial charge in [-0.25, -0.2) is 13.2 Å². The number of H-pyrrole nitrogens is 1. The summed E-state index contributed by atoms with van der Waals surface area (Å²) in [6.45, 7) is 1.02. The number of piperidine rings is 1. The standard InChI is InChI=1S/C28H33N7O5S.C2HF3O2/c1-34(2)15-7-12-25(36)30-22-10-6-11-23(18-22)41(39,40)35-16-13-21(14-17-35)31-28(38)26-24(19-29-33-26)32-27(37)20-8-4-3-5-9-20;3-2(4,5)1(6)7/h3-12,18-19,21H,13-17H2,1-2H3,(H,29,33)(H,30,36)(H,31,38)(H,32,37);(H,6,7)/b12-7+;. The first-order valence-electron chi connectivity index (χ1n) is 14.3. The zero-order valence-corrected chi connectivity index (χ0v) is 26.6. The summed E-state index contributed by atoms with van der Waals surface area (Å²) < 4.78 is 59.7. The highest BCUT2D eigenvalue weighted by Gasteiger charge is 2.38. The Hall–Kier alpha value is -5.07. The number of carbonyl (C=O) groups excluding carboxylic acids is 3. The average Bonchev–Trinajstić information content (AvgIpc) is 3.50. The van der Waals surface area contributed by atoms with Gasteiger partial charge in [0.25, 0.3) is 11.8 Å². The van der Waals surface area contributed by atoms with E-state index in [1.54, 1.807) is 48.5 Å². The lowest BCUT2D eigenvalue weighted by Gasteiger charge is -2.31. The molecule has 0 spiro atoms. The van der Waals surface area contributed by atoms with Crippen molar-refractivity contribution in [2.45, 2.75) is 30.0 Å². The van der Waals surface area contributed by atoms with Crippen LogP contribution >= 0.6 is 0 Å². The fourth-order valence-electron chi connectivity index (χ4n) is 4.27. The molecule has 1 saturated heterocycles. The molecule has 0 bridgehead atoms. The second kappa shape index (κ2) is 16.7. The number of hydrogen-bond donors (Lipinski definition) is 5. The van der Waals surface area contributed by atoms with Crippen molar-refractivity contribution in [1.29, 1.82) is 0 Å². The van der Waals surface area contributed by atoms with Crippen LogP contribution in [0.5, 0.6) is 0 Å². The van der Waals surface area contributed by atoms with Crippen LogP contribution in [0.1, 0.15) is 33.7 Å². The average molecular weight is 694 g/mol. The molecule has 4 rings (SSSR count). The van der Waals surface area contributed by atoms with Crippen molar-refractivity contribution in [1.82, 2.24) is 24.7 Å². The molecule has 0 radical (unpaired) electrons. The highest BCUT2D eigenvalue weighted by atomic mass is 32.2. The van der Waals surface area contributed by atoms with Gasteiger partial charge in [0.2, 0.25) is 15.9 Å². The first-order chi connectivity index (χ1) is 22.6. The second-order valence-electron chi connectivity index (χ2n) is 10.6. The van der Waals surface area contributed by atoms with Crippen molar-refractivity contribution in [3.8, 4) is 0 Å². The number of carboxylic acid groups (broad SMARTS) is 1. The number of alkyl halides is 3. The number of carbonyl (C=O) groups is 4. The van der Waals surface area contributed by atoms with Crippen molar-refractivity contribution in [2.75, 3.05) is 44.4 Å². The summed E-state index contributed by atoms with van der Waals surface area (Å²) in [5.41, 5.74) is 1.18. The number of anilines is 2. The van der Waals surface area contributed by atoms with Crippen molar-refractivity contribution >= 4 is 45.1 Å². The van der Waals surface area contributed by atoms with Crippen LogP contribution in [-0.4, -0.2) is 103 Å². The summed E-state index contributed by atoms with van der Waals surface area (Å²) in [7, 11) is -0.0366. The van der Waals surface area contributed by atoms with Gasteiger partial charge in [0, 0.05) is 43.0 Å². The van der Waals surface area contributed by atoms with E-state index in [1.165, 1.54) is 28.7 Å². The number of hydrogen-bond acceptors (Lipinski definition) is 8. The molecule has 0 saturated carbocycles. The van der Waals surface area contributed by atoms with E-state index in [1.807, 2.05) is 19.0 Å². The molecule has 18 heteroatoms. The maximum Gasteiger partial charge on any atom is 0.490 e. The van der Waals surface area contributed by atoms with Crippen LogP contribution in [0.15, 0.2) is 77.8 Å². The molecule has 1 fully saturated rings. The monoisotopic (exact) mass is 693 g/mol. The number of aliphatic carboxylic acids is 1. The predicted octanol–water partition coefficient (Wildman–Crippen LogP) is 2.93. The van der Waals surface area contributed by atoms with Gasteiger partial charge in [0.05, 0.1) is 16.8 Å². The molecule has 5 N–H and O–H groups in total. The Morgan fingerprint density at radius 1 is 1.02 bits per heavy atom. The number of aromatic amines is 1. The molecular weight excluding hydrogens is 659 g/mol. The van der Waals surface area contributed by atoms with Gasteiger partial charge in [-0.3, -0.25) is 19.5 Å². The molecular formula is C30H34F3N7O7S. The van der Waals surface area contributed by atoms with Gasteiger partial charge >= 0.3 is 12.1 Å². The minimum absolute atomic E-state index is 0.0753. The lowest BCUT2D eigenvalue weighted by molar-refractivity contribution is -0.192. The third kappa shape index (κ3) is 11.0. The highest BCUT2D eigenvalue weighted by molar-refractivity contribution is 7.89. The maximum absolute atomic E-state index is 13.3. The molecule has 2 heterocycles. The van der Waals surface area contributed by atoms with Crippen LogP contribution in [0.25, 0.3) is 0 Å². The maximum atomic E-state index is 13.3. The summed E-state index contributed by atoms with van der Waals surface area (Å²) in [5.74, 6) is -3.93. The third-order valence-corrected chi connectivity index (χ3v) is 8.56. The molecule has 0 unspecified atom stereocenters. The number of amides is 3. The first kappa shape index (κ1) is 37.4. The summed E-state index contributed by atoms with van der Waals surface area (Å²) in [5, 5.41) is 21.9. The molecule has 48 heavy (non-hydrogen) atoms. The Morgan fingerprint density at radius 2 is 1.67 bits per heavy atom. The van der Waals surface area contributed by atoms with E-state index in [-0.39, 0.29) is 47.2 Å². The predicted molar refractivity (Wildman–Crippen MR) is 169 cm³/mol.